The van der Waals surface area contributed by atoms with Crippen LogP contribution in [0.3, 0.4) is 0 Å². The summed E-state index contributed by atoms with van der Waals surface area (Å²) in [5, 5.41) is 12.4. The summed E-state index contributed by atoms with van der Waals surface area (Å²) in [7, 11) is -3.52. The molecule has 0 bridgehead atoms. The van der Waals surface area contributed by atoms with Crippen LogP contribution in [0.25, 0.3) is 11.1 Å². The Hall–Kier alpha value is -2.19. The number of aromatic amines is 1. The summed E-state index contributed by atoms with van der Waals surface area (Å²) in [5.41, 5.74) is 4.45. The molecule has 1 saturated heterocycles. The number of rotatable bonds is 6. The van der Waals surface area contributed by atoms with E-state index in [1.807, 2.05) is 11.1 Å². The first-order chi connectivity index (χ1) is 12.8. The number of carbonyl (C=O) groups is 1. The number of likely N-dealkylation sites (tertiary alicyclic amines) is 1. The predicted molar refractivity (Wildman–Crippen MR) is 105 cm³/mol. The number of hydrogen-bond donors (Lipinski definition) is 2. The first kappa shape index (κ1) is 19.6. The summed E-state index contributed by atoms with van der Waals surface area (Å²) < 4.78 is 22.1. The molecule has 1 aliphatic heterocycles. The van der Waals surface area contributed by atoms with Crippen molar-refractivity contribution in [3.63, 3.8) is 0 Å². The molecule has 1 atom stereocenters. The molecule has 2 heterocycles. The monoisotopic (exact) mass is 390 g/mol. The van der Waals surface area contributed by atoms with E-state index in [2.05, 4.69) is 41.4 Å². The van der Waals surface area contributed by atoms with Crippen molar-refractivity contribution < 1.29 is 13.2 Å². The van der Waals surface area contributed by atoms with Gasteiger partial charge in [0.15, 0.2) is 0 Å². The van der Waals surface area contributed by atoms with E-state index >= 15 is 0 Å². The fourth-order valence-electron chi connectivity index (χ4n) is 3.59. The highest BCUT2D eigenvalue weighted by Crippen LogP contribution is 2.33. The second kappa shape index (κ2) is 8.22. The average Bonchev–Trinajstić information content (AvgIpc) is 3.11. The molecule has 1 fully saturated rings. The predicted octanol–water partition coefficient (Wildman–Crippen LogP) is 2.16. The second-order valence-corrected chi connectivity index (χ2v) is 8.95. The Labute approximate surface area is 160 Å². The zero-order valence-electron chi connectivity index (χ0n) is 15.5. The number of benzene rings is 1. The molecule has 27 heavy (non-hydrogen) atoms. The zero-order chi connectivity index (χ0) is 19.4. The molecule has 8 heteroatoms. The van der Waals surface area contributed by atoms with Gasteiger partial charge in [0.25, 0.3) is 0 Å². The second-order valence-electron chi connectivity index (χ2n) is 7.21. The minimum atomic E-state index is -3.52. The summed E-state index contributed by atoms with van der Waals surface area (Å²) in [5.74, 6) is 0.0215. The van der Waals surface area contributed by atoms with Gasteiger partial charge in [0.2, 0.25) is 15.9 Å². The van der Waals surface area contributed by atoms with Gasteiger partial charge in [0, 0.05) is 36.7 Å². The van der Waals surface area contributed by atoms with Crippen LogP contribution in [0.2, 0.25) is 0 Å². The Morgan fingerprint density at radius 2 is 2.07 bits per heavy atom. The molecule has 3 N–H and O–H groups in total. The molecule has 7 nitrogen and oxygen atoms in total. The van der Waals surface area contributed by atoms with E-state index in [0.717, 1.165) is 29.7 Å². The third kappa shape index (κ3) is 5.17. The van der Waals surface area contributed by atoms with Crippen LogP contribution < -0.4 is 5.14 Å². The van der Waals surface area contributed by atoms with Crippen LogP contribution in [0.5, 0.6) is 0 Å². The number of aryl methyl sites for hydroxylation is 1. The average molecular weight is 391 g/mol. The minimum Gasteiger partial charge on any atom is -0.342 e. The number of aromatic nitrogens is 2. The van der Waals surface area contributed by atoms with Crippen molar-refractivity contribution >= 4 is 15.9 Å². The maximum absolute atomic E-state index is 12.5. The topological polar surface area (TPSA) is 109 Å². The molecule has 1 aromatic carbocycles. The van der Waals surface area contributed by atoms with Gasteiger partial charge in [0.05, 0.1) is 11.9 Å². The number of amides is 1. The lowest BCUT2D eigenvalue weighted by molar-refractivity contribution is -0.132. The SMILES string of the molecule is Cc1ccc(-c2cn[nH]c2[C@H]2CCCN(C(=O)CCCS(N)(=O)=O)C2)cc1. The smallest absolute Gasteiger partial charge is 0.222 e. The van der Waals surface area contributed by atoms with E-state index in [1.165, 1.54) is 5.56 Å². The van der Waals surface area contributed by atoms with Crippen molar-refractivity contribution in [2.24, 2.45) is 5.14 Å². The van der Waals surface area contributed by atoms with E-state index in [1.54, 1.807) is 0 Å². The van der Waals surface area contributed by atoms with Crippen molar-refractivity contribution in [2.75, 3.05) is 18.8 Å². The van der Waals surface area contributed by atoms with Gasteiger partial charge in [-0.2, -0.15) is 5.10 Å². The summed E-state index contributed by atoms with van der Waals surface area (Å²) in [6, 6.07) is 8.33. The fraction of sp³-hybridized carbons (Fsp3) is 0.474. The number of carbonyl (C=O) groups excluding carboxylic acids is 1. The molecule has 1 aliphatic rings. The zero-order valence-corrected chi connectivity index (χ0v) is 16.3. The lowest BCUT2D eigenvalue weighted by Gasteiger charge is -2.33. The van der Waals surface area contributed by atoms with Crippen molar-refractivity contribution in [2.45, 2.75) is 38.5 Å². The molecule has 1 amide bonds. The van der Waals surface area contributed by atoms with E-state index in [0.29, 0.717) is 13.1 Å². The third-order valence-electron chi connectivity index (χ3n) is 5.03. The van der Waals surface area contributed by atoms with Crippen LogP contribution in [0.1, 0.15) is 42.9 Å². The van der Waals surface area contributed by atoms with Crippen molar-refractivity contribution in [1.82, 2.24) is 15.1 Å². The quantitative estimate of drug-likeness (QED) is 0.787. The lowest BCUT2D eigenvalue weighted by atomic mass is 9.90. The van der Waals surface area contributed by atoms with Gasteiger partial charge in [-0.05, 0) is 31.7 Å². The van der Waals surface area contributed by atoms with E-state index < -0.39 is 10.0 Å². The van der Waals surface area contributed by atoms with Gasteiger partial charge in [-0.25, -0.2) is 13.6 Å². The summed E-state index contributed by atoms with van der Waals surface area (Å²) >= 11 is 0. The van der Waals surface area contributed by atoms with Gasteiger partial charge in [-0.3, -0.25) is 9.89 Å². The van der Waals surface area contributed by atoms with Crippen LogP contribution in [0.15, 0.2) is 30.5 Å². The Bertz CT molecular complexity index is 890. The molecule has 0 aliphatic carbocycles. The molecular formula is C19H26N4O3S. The third-order valence-corrected chi connectivity index (χ3v) is 5.89. The first-order valence-electron chi connectivity index (χ1n) is 9.22. The fourth-order valence-corrected chi connectivity index (χ4v) is 4.14. The maximum Gasteiger partial charge on any atom is 0.222 e. The van der Waals surface area contributed by atoms with Gasteiger partial charge in [-0.15, -0.1) is 0 Å². The Kier molecular flexibility index (Phi) is 5.96. The van der Waals surface area contributed by atoms with Gasteiger partial charge < -0.3 is 4.90 Å². The highest BCUT2D eigenvalue weighted by molar-refractivity contribution is 7.89. The van der Waals surface area contributed by atoms with Gasteiger partial charge >= 0.3 is 0 Å². The number of primary sulfonamides is 1. The number of piperidine rings is 1. The molecule has 1 aromatic heterocycles. The standard InChI is InChI=1S/C19H26N4O3S/c1-14-6-8-15(9-7-14)17-12-21-22-19(17)16-4-2-10-23(13-16)18(24)5-3-11-27(20,25)26/h6-9,12,16H,2-5,10-11,13H2,1H3,(H,21,22)(H2,20,25,26)/t16-/m0/s1. The first-order valence-corrected chi connectivity index (χ1v) is 10.9. The van der Waals surface area contributed by atoms with Gasteiger partial charge in [0.1, 0.15) is 0 Å². The van der Waals surface area contributed by atoms with E-state index in [-0.39, 0.29) is 30.4 Å². The van der Waals surface area contributed by atoms with Crippen molar-refractivity contribution in [1.29, 1.82) is 0 Å². The Morgan fingerprint density at radius 3 is 2.78 bits per heavy atom. The number of hydrogen-bond acceptors (Lipinski definition) is 4. The van der Waals surface area contributed by atoms with Crippen molar-refractivity contribution in [3.8, 4) is 11.1 Å². The van der Waals surface area contributed by atoms with Crippen LogP contribution in [-0.4, -0.2) is 48.3 Å². The molecule has 0 unspecified atom stereocenters. The summed E-state index contributed by atoms with van der Waals surface area (Å²) in [6.07, 6.45) is 4.21. The van der Waals surface area contributed by atoms with E-state index in [9.17, 15) is 13.2 Å². The van der Waals surface area contributed by atoms with Crippen LogP contribution in [0, 0.1) is 6.92 Å². The van der Waals surface area contributed by atoms with Gasteiger partial charge in [-0.1, -0.05) is 29.8 Å². The van der Waals surface area contributed by atoms with E-state index in [4.69, 9.17) is 5.14 Å². The molecule has 0 saturated carbocycles. The van der Waals surface area contributed by atoms with Crippen molar-refractivity contribution in [3.05, 3.63) is 41.7 Å². The largest absolute Gasteiger partial charge is 0.342 e. The highest BCUT2D eigenvalue weighted by atomic mass is 32.2. The molecule has 2 aromatic rings. The Balaban J connectivity index is 1.67. The molecule has 0 radical (unpaired) electrons. The highest BCUT2D eigenvalue weighted by Gasteiger charge is 2.27. The lowest BCUT2D eigenvalue weighted by Crippen LogP contribution is -2.39. The number of nitrogens with two attached hydrogens (primary N) is 1. The summed E-state index contributed by atoms with van der Waals surface area (Å²) in [4.78, 5) is 14.3. The molecular weight excluding hydrogens is 364 g/mol. The maximum atomic E-state index is 12.5. The number of sulfonamides is 1. The molecule has 0 spiro atoms. The number of H-pyrrole nitrogens is 1. The number of nitrogens with one attached hydrogen (secondary N) is 1. The normalized spacial score (nSPS) is 17.9. The van der Waals surface area contributed by atoms with Crippen LogP contribution in [0.4, 0.5) is 0 Å². The molecule has 146 valence electrons. The number of nitrogens with zero attached hydrogens (tertiary/aromatic N) is 2. The van der Waals surface area contributed by atoms with Crippen LogP contribution in [-0.2, 0) is 14.8 Å². The molecule has 3 rings (SSSR count). The Morgan fingerprint density at radius 1 is 1.33 bits per heavy atom. The van der Waals surface area contributed by atoms with Crippen LogP contribution >= 0.6 is 0 Å². The minimum absolute atomic E-state index is 0.0141. The summed E-state index contributed by atoms with van der Waals surface area (Å²) in [6.45, 7) is 3.38.